The van der Waals surface area contributed by atoms with Crippen LogP contribution >= 0.6 is 0 Å². The lowest BCUT2D eigenvalue weighted by Crippen LogP contribution is -2.42. The molecule has 0 amide bonds. The molecule has 0 saturated carbocycles. The van der Waals surface area contributed by atoms with Gasteiger partial charge in [-0.2, -0.15) is 0 Å². The van der Waals surface area contributed by atoms with Gasteiger partial charge in [0.1, 0.15) is 17.3 Å². The highest BCUT2D eigenvalue weighted by molar-refractivity contribution is 5.85. The lowest BCUT2D eigenvalue weighted by atomic mass is 10.0. The quantitative estimate of drug-likeness (QED) is 0.452. The zero-order chi connectivity index (χ0) is 23.6. The molecule has 0 spiro atoms. The summed E-state index contributed by atoms with van der Waals surface area (Å²) < 4.78 is 0. The van der Waals surface area contributed by atoms with Gasteiger partial charge in [0, 0.05) is 0 Å². The van der Waals surface area contributed by atoms with Crippen LogP contribution in [0.15, 0.2) is 0 Å². The Bertz CT molecular complexity index is 449. The summed E-state index contributed by atoms with van der Waals surface area (Å²) in [6.07, 6.45) is 5.34. The van der Waals surface area contributed by atoms with E-state index in [1.165, 1.54) is 0 Å². The number of hydrogen-bond donors (Lipinski definition) is 3. The fourth-order valence-electron chi connectivity index (χ4n) is 2.19. The predicted molar refractivity (Wildman–Crippen MR) is 124 cm³/mol. The molecule has 0 rings (SSSR count). The summed E-state index contributed by atoms with van der Waals surface area (Å²) in [6, 6.07) is 0.150. The van der Waals surface area contributed by atoms with Crippen molar-refractivity contribution in [1.29, 1.82) is 0 Å². The minimum Gasteiger partial charge on any atom is -0.311 e. The van der Waals surface area contributed by atoms with Gasteiger partial charge in [-0.1, -0.05) is 33.6 Å². The van der Waals surface area contributed by atoms with E-state index in [2.05, 4.69) is 36.7 Å². The van der Waals surface area contributed by atoms with Gasteiger partial charge in [-0.25, -0.2) is 0 Å². The number of Topliss-reactive ketones (excluding diaryl/α,β-unsaturated/α-hetero) is 3. The minimum absolute atomic E-state index is 0.0670. The smallest absolute Gasteiger partial charge is 0.149 e. The van der Waals surface area contributed by atoms with Crippen molar-refractivity contribution in [2.45, 2.75) is 105 Å². The molecule has 6 heteroatoms. The van der Waals surface area contributed by atoms with E-state index in [4.69, 9.17) is 0 Å². The van der Waals surface area contributed by atoms with Gasteiger partial charge in [0.15, 0.2) is 0 Å². The zero-order valence-corrected chi connectivity index (χ0v) is 21.0. The molecule has 0 fully saturated rings. The Morgan fingerprint density at radius 3 is 1.41 bits per heavy atom. The van der Waals surface area contributed by atoms with Gasteiger partial charge < -0.3 is 16.0 Å². The Kier molecular flexibility index (Phi) is 21.2. The molecule has 0 aromatic carbocycles. The molecule has 0 aliphatic heterocycles. The van der Waals surface area contributed by atoms with E-state index in [0.29, 0.717) is 5.92 Å². The van der Waals surface area contributed by atoms with E-state index < -0.39 is 0 Å². The molecule has 2 atom stereocenters. The van der Waals surface area contributed by atoms with Crippen LogP contribution in [0.2, 0.25) is 0 Å². The summed E-state index contributed by atoms with van der Waals surface area (Å²) in [7, 11) is 5.45. The van der Waals surface area contributed by atoms with Crippen LogP contribution in [-0.4, -0.2) is 56.1 Å². The Balaban J connectivity index is -0.000000354. The standard InChI is InChI=1S/C9H19NO.C8H17NO.C6H13NO/c1-7(2)5-6-9(10-4)8(3)11;1-4-5-6-8(9-3)7(2)10;1-5(8)6(2,3)7-4/h7,9-10H,5-6H2,1-4H3;8-9H,4-6H2,1-3H3;7H,1-4H3/t9-;8-;/m00./s1. The molecular formula is C23H49N3O3. The highest BCUT2D eigenvalue weighted by Crippen LogP contribution is 2.06. The maximum absolute atomic E-state index is 10.9. The lowest BCUT2D eigenvalue weighted by Gasteiger charge is -2.19. The summed E-state index contributed by atoms with van der Waals surface area (Å²) in [5.74, 6) is 1.34. The van der Waals surface area contributed by atoms with Crippen molar-refractivity contribution >= 4 is 17.3 Å². The number of ketones is 3. The first-order chi connectivity index (χ1) is 13.3. The second-order valence-electron chi connectivity index (χ2n) is 8.45. The molecule has 29 heavy (non-hydrogen) atoms. The van der Waals surface area contributed by atoms with E-state index in [0.717, 1.165) is 32.1 Å². The molecular weight excluding hydrogens is 366 g/mol. The van der Waals surface area contributed by atoms with E-state index in [1.54, 1.807) is 27.8 Å². The molecule has 0 aliphatic carbocycles. The molecule has 0 aromatic heterocycles. The van der Waals surface area contributed by atoms with Crippen molar-refractivity contribution in [2.75, 3.05) is 21.1 Å². The summed E-state index contributed by atoms with van der Waals surface area (Å²) in [5.41, 5.74) is -0.347. The van der Waals surface area contributed by atoms with Gasteiger partial charge in [-0.3, -0.25) is 14.4 Å². The lowest BCUT2D eigenvalue weighted by molar-refractivity contribution is -0.122. The summed E-state index contributed by atoms with van der Waals surface area (Å²) in [4.78, 5) is 32.4. The van der Waals surface area contributed by atoms with Gasteiger partial charge in [0.25, 0.3) is 0 Å². The predicted octanol–water partition coefficient (Wildman–Crippen LogP) is 3.53. The van der Waals surface area contributed by atoms with Crippen molar-refractivity contribution < 1.29 is 14.4 Å². The van der Waals surface area contributed by atoms with Crippen LogP contribution in [0.25, 0.3) is 0 Å². The van der Waals surface area contributed by atoms with Crippen molar-refractivity contribution in [2.24, 2.45) is 5.92 Å². The molecule has 0 saturated heterocycles. The van der Waals surface area contributed by atoms with Gasteiger partial charge in [-0.05, 0) is 80.9 Å². The highest BCUT2D eigenvalue weighted by Gasteiger charge is 2.19. The van der Waals surface area contributed by atoms with Crippen LogP contribution in [0.1, 0.15) is 87.5 Å². The van der Waals surface area contributed by atoms with Crippen LogP contribution in [0.3, 0.4) is 0 Å². The van der Waals surface area contributed by atoms with Gasteiger partial charge in [0.2, 0.25) is 0 Å². The Morgan fingerprint density at radius 2 is 1.21 bits per heavy atom. The molecule has 0 unspecified atom stereocenters. The molecule has 0 heterocycles. The monoisotopic (exact) mass is 415 g/mol. The third kappa shape index (κ3) is 20.0. The maximum atomic E-state index is 10.9. The third-order valence-electron chi connectivity index (χ3n) is 5.06. The zero-order valence-electron chi connectivity index (χ0n) is 21.0. The van der Waals surface area contributed by atoms with Gasteiger partial charge >= 0.3 is 0 Å². The number of carbonyl (C=O) groups excluding carboxylic acids is 3. The van der Waals surface area contributed by atoms with Gasteiger partial charge in [0.05, 0.1) is 17.6 Å². The normalized spacial score (nSPS) is 12.8. The first-order valence-corrected chi connectivity index (χ1v) is 10.9. The largest absolute Gasteiger partial charge is 0.311 e. The summed E-state index contributed by atoms with van der Waals surface area (Å²) >= 11 is 0. The number of carbonyl (C=O) groups is 3. The first kappa shape index (κ1) is 32.6. The second-order valence-corrected chi connectivity index (χ2v) is 8.45. The summed E-state index contributed by atoms with van der Waals surface area (Å²) in [5, 5.41) is 8.89. The van der Waals surface area contributed by atoms with Gasteiger partial charge in [-0.15, -0.1) is 0 Å². The molecule has 0 bridgehead atoms. The Labute approximate surface area is 180 Å². The topological polar surface area (TPSA) is 87.3 Å². The van der Waals surface area contributed by atoms with Crippen LogP contribution in [-0.2, 0) is 14.4 Å². The molecule has 0 aliphatic rings. The fraction of sp³-hybridized carbons (Fsp3) is 0.870. The highest BCUT2D eigenvalue weighted by atomic mass is 16.1. The minimum atomic E-state index is -0.347. The Hall–Kier alpha value is -1.11. The number of unbranched alkanes of at least 4 members (excludes halogenated alkanes) is 1. The fourth-order valence-corrected chi connectivity index (χ4v) is 2.19. The molecule has 3 N–H and O–H groups in total. The van der Waals surface area contributed by atoms with Crippen LogP contribution < -0.4 is 16.0 Å². The van der Waals surface area contributed by atoms with Crippen LogP contribution in [0, 0.1) is 5.92 Å². The van der Waals surface area contributed by atoms with Crippen LogP contribution in [0.4, 0.5) is 0 Å². The molecule has 0 radical (unpaired) electrons. The van der Waals surface area contributed by atoms with E-state index in [1.807, 2.05) is 27.9 Å². The maximum Gasteiger partial charge on any atom is 0.149 e. The first-order valence-electron chi connectivity index (χ1n) is 10.9. The third-order valence-corrected chi connectivity index (χ3v) is 5.06. The van der Waals surface area contributed by atoms with Crippen molar-refractivity contribution in [3.8, 4) is 0 Å². The second kappa shape index (κ2) is 18.9. The number of hydrogen-bond acceptors (Lipinski definition) is 6. The number of nitrogens with one attached hydrogen (secondary N) is 3. The van der Waals surface area contributed by atoms with E-state index >= 15 is 0 Å². The molecule has 174 valence electrons. The average Bonchev–Trinajstić information content (AvgIpc) is 2.63. The van der Waals surface area contributed by atoms with Crippen molar-refractivity contribution in [1.82, 2.24) is 16.0 Å². The average molecular weight is 416 g/mol. The SMILES string of the molecule is CCCC[C@H](NC)C(C)=O.CNC(C)(C)C(C)=O.CN[C@@H](CCC(C)C)C(C)=O. The summed E-state index contributed by atoms with van der Waals surface area (Å²) in [6.45, 7) is 15.0. The van der Waals surface area contributed by atoms with Crippen LogP contribution in [0.5, 0.6) is 0 Å². The molecule has 6 nitrogen and oxygen atoms in total. The number of rotatable bonds is 12. The number of likely N-dealkylation sites (N-methyl/N-ethyl adjacent to an activating group) is 3. The van der Waals surface area contributed by atoms with E-state index in [-0.39, 0.29) is 35.0 Å². The van der Waals surface area contributed by atoms with Crippen molar-refractivity contribution in [3.05, 3.63) is 0 Å². The van der Waals surface area contributed by atoms with Crippen molar-refractivity contribution in [3.63, 3.8) is 0 Å². The molecule has 0 aromatic rings. The Morgan fingerprint density at radius 1 is 0.793 bits per heavy atom. The van der Waals surface area contributed by atoms with E-state index in [9.17, 15) is 14.4 Å².